The lowest BCUT2D eigenvalue weighted by Gasteiger charge is -2.38. The number of rotatable bonds is 7. The van der Waals surface area contributed by atoms with Gasteiger partial charge >= 0.3 is 0 Å². The third kappa shape index (κ3) is 5.79. The zero-order valence-electron chi connectivity index (χ0n) is 18.4. The van der Waals surface area contributed by atoms with E-state index in [1.807, 2.05) is 0 Å². The number of ether oxygens (including phenoxy) is 1. The molecule has 0 bridgehead atoms. The molecule has 1 heterocycles. The van der Waals surface area contributed by atoms with Gasteiger partial charge in [-0.15, -0.1) is 0 Å². The summed E-state index contributed by atoms with van der Waals surface area (Å²) < 4.78 is 42.8. The van der Waals surface area contributed by atoms with E-state index >= 15 is 0 Å². The summed E-state index contributed by atoms with van der Waals surface area (Å²) in [4.78, 5) is 27.4. The summed E-state index contributed by atoms with van der Waals surface area (Å²) in [5.74, 6) is -0.244. The van der Waals surface area contributed by atoms with Gasteiger partial charge in [-0.25, -0.2) is 12.8 Å². The summed E-state index contributed by atoms with van der Waals surface area (Å²) in [6.07, 6.45) is 5.48. The molecule has 33 heavy (non-hydrogen) atoms. The largest absolute Gasteiger partial charge is 0.484 e. The first-order valence-corrected chi connectivity index (χ1v) is 13.2. The SMILES string of the molecule is O=C(c1ccc(F)cc1)c1ccc(OCC(=O)N(C2CCCCC2)C2CCS(=O)(=O)C2)cc1. The van der Waals surface area contributed by atoms with Crippen LogP contribution in [-0.2, 0) is 14.6 Å². The number of hydrogen-bond donors (Lipinski definition) is 0. The standard InChI is InChI=1S/C25H28FNO5S/c26-20-10-6-18(7-11-20)25(29)19-8-12-23(13-9-19)32-16-24(28)27(21-4-2-1-3-5-21)22-14-15-33(30,31)17-22/h6-13,21-22H,1-5,14-17H2. The number of hydrogen-bond acceptors (Lipinski definition) is 5. The molecule has 2 fully saturated rings. The van der Waals surface area contributed by atoms with Crippen molar-refractivity contribution in [3.63, 3.8) is 0 Å². The predicted octanol–water partition coefficient (Wildman–Crippen LogP) is 3.78. The maximum Gasteiger partial charge on any atom is 0.261 e. The third-order valence-corrected chi connectivity index (χ3v) is 8.19. The molecule has 2 aliphatic rings. The highest BCUT2D eigenvalue weighted by atomic mass is 32.2. The van der Waals surface area contributed by atoms with E-state index in [-0.39, 0.29) is 41.9 Å². The minimum absolute atomic E-state index is 0.0232. The molecule has 0 N–H and O–H groups in total. The van der Waals surface area contributed by atoms with Crippen molar-refractivity contribution >= 4 is 21.5 Å². The maximum absolute atomic E-state index is 13.1. The van der Waals surface area contributed by atoms with Gasteiger partial charge in [0.2, 0.25) is 0 Å². The van der Waals surface area contributed by atoms with Crippen LogP contribution in [0.4, 0.5) is 4.39 Å². The number of amides is 1. The minimum atomic E-state index is -3.11. The van der Waals surface area contributed by atoms with E-state index in [2.05, 4.69) is 0 Å². The molecule has 2 aromatic rings. The van der Waals surface area contributed by atoms with Gasteiger partial charge in [-0.05, 0) is 67.8 Å². The second kappa shape index (κ2) is 10.0. The zero-order chi connectivity index (χ0) is 23.4. The Kier molecular flexibility index (Phi) is 7.12. The summed E-state index contributed by atoms with van der Waals surface area (Å²) in [6.45, 7) is -0.182. The molecule has 6 nitrogen and oxygen atoms in total. The molecule has 1 saturated heterocycles. The average Bonchev–Trinajstić information content (AvgIpc) is 3.18. The molecule has 8 heteroatoms. The van der Waals surface area contributed by atoms with Crippen molar-refractivity contribution in [1.82, 2.24) is 4.90 Å². The van der Waals surface area contributed by atoms with E-state index in [0.717, 1.165) is 32.1 Å². The Morgan fingerprint density at radius 2 is 1.48 bits per heavy atom. The monoisotopic (exact) mass is 473 g/mol. The van der Waals surface area contributed by atoms with Crippen LogP contribution in [-0.4, -0.2) is 55.2 Å². The number of carbonyl (C=O) groups is 2. The van der Waals surface area contributed by atoms with Gasteiger partial charge in [-0.1, -0.05) is 19.3 Å². The van der Waals surface area contributed by atoms with Crippen LogP contribution in [0.3, 0.4) is 0 Å². The van der Waals surface area contributed by atoms with Gasteiger partial charge in [-0.3, -0.25) is 9.59 Å². The Balaban J connectivity index is 1.40. The Labute approximate surface area is 193 Å². The first-order valence-electron chi connectivity index (χ1n) is 11.4. The Bertz CT molecular complexity index is 1090. The van der Waals surface area contributed by atoms with Gasteiger partial charge < -0.3 is 9.64 Å². The van der Waals surface area contributed by atoms with Crippen molar-refractivity contribution in [2.45, 2.75) is 50.6 Å². The van der Waals surface area contributed by atoms with E-state index in [9.17, 15) is 22.4 Å². The molecular weight excluding hydrogens is 445 g/mol. The molecule has 1 unspecified atom stereocenters. The summed E-state index contributed by atoms with van der Waals surface area (Å²) in [7, 11) is -3.11. The van der Waals surface area contributed by atoms with Crippen LogP contribution >= 0.6 is 0 Å². The van der Waals surface area contributed by atoms with Gasteiger partial charge in [0.05, 0.1) is 11.5 Å². The van der Waals surface area contributed by atoms with Crippen molar-refractivity contribution in [2.75, 3.05) is 18.1 Å². The summed E-state index contributed by atoms with van der Waals surface area (Å²) in [6, 6.07) is 11.6. The highest BCUT2D eigenvalue weighted by molar-refractivity contribution is 7.91. The molecule has 1 atom stereocenters. The fourth-order valence-electron chi connectivity index (χ4n) is 4.75. The van der Waals surface area contributed by atoms with Crippen LogP contribution in [0.15, 0.2) is 48.5 Å². The molecule has 0 aromatic heterocycles. The lowest BCUT2D eigenvalue weighted by Crippen LogP contribution is -2.50. The summed E-state index contributed by atoms with van der Waals surface area (Å²) >= 11 is 0. The minimum Gasteiger partial charge on any atom is -0.484 e. The van der Waals surface area contributed by atoms with Crippen LogP contribution in [0.5, 0.6) is 5.75 Å². The van der Waals surface area contributed by atoms with E-state index in [4.69, 9.17) is 4.74 Å². The summed E-state index contributed by atoms with van der Waals surface area (Å²) in [5.41, 5.74) is 0.815. The van der Waals surface area contributed by atoms with Crippen LogP contribution < -0.4 is 4.74 Å². The van der Waals surface area contributed by atoms with Gasteiger partial charge in [0.15, 0.2) is 22.2 Å². The van der Waals surface area contributed by atoms with Crippen LogP contribution in [0, 0.1) is 5.82 Å². The lowest BCUT2D eigenvalue weighted by atomic mass is 9.93. The van der Waals surface area contributed by atoms with E-state index in [1.54, 1.807) is 29.2 Å². The number of benzene rings is 2. The normalized spacial score (nSPS) is 20.3. The second-order valence-corrected chi connectivity index (χ2v) is 11.0. The van der Waals surface area contributed by atoms with Gasteiger partial charge in [0, 0.05) is 23.2 Å². The molecule has 1 saturated carbocycles. The number of sulfone groups is 1. The van der Waals surface area contributed by atoms with Gasteiger partial charge in [0.1, 0.15) is 11.6 Å². The van der Waals surface area contributed by atoms with E-state index in [1.165, 1.54) is 24.3 Å². The topological polar surface area (TPSA) is 80.8 Å². The Morgan fingerprint density at radius 1 is 0.879 bits per heavy atom. The fourth-order valence-corrected chi connectivity index (χ4v) is 6.46. The first kappa shape index (κ1) is 23.4. The number of carbonyl (C=O) groups excluding carboxylic acids is 2. The molecule has 1 amide bonds. The lowest BCUT2D eigenvalue weighted by molar-refractivity contribution is -0.138. The number of ketones is 1. The molecule has 2 aromatic carbocycles. The van der Waals surface area contributed by atoms with E-state index < -0.39 is 15.7 Å². The van der Waals surface area contributed by atoms with Crippen molar-refractivity contribution < 1.29 is 27.1 Å². The third-order valence-electron chi connectivity index (χ3n) is 6.44. The molecular formula is C25H28FNO5S. The summed E-state index contributed by atoms with van der Waals surface area (Å²) in [5, 5.41) is 0. The molecule has 176 valence electrons. The molecule has 1 aliphatic heterocycles. The quantitative estimate of drug-likeness (QED) is 0.572. The highest BCUT2D eigenvalue weighted by Crippen LogP contribution is 2.28. The molecule has 0 radical (unpaired) electrons. The first-order chi connectivity index (χ1) is 15.8. The van der Waals surface area contributed by atoms with Crippen molar-refractivity contribution in [3.8, 4) is 5.75 Å². The predicted molar refractivity (Wildman–Crippen MR) is 123 cm³/mol. The van der Waals surface area contributed by atoms with Crippen LogP contribution in [0.1, 0.15) is 54.4 Å². The Morgan fingerprint density at radius 3 is 2.06 bits per heavy atom. The van der Waals surface area contributed by atoms with Gasteiger partial charge in [-0.2, -0.15) is 0 Å². The highest BCUT2D eigenvalue weighted by Gasteiger charge is 2.38. The molecule has 4 rings (SSSR count). The smallest absolute Gasteiger partial charge is 0.261 e. The maximum atomic E-state index is 13.1. The van der Waals surface area contributed by atoms with Crippen LogP contribution in [0.25, 0.3) is 0 Å². The number of nitrogens with zero attached hydrogens (tertiary/aromatic N) is 1. The Hall–Kier alpha value is -2.74. The van der Waals surface area contributed by atoms with Crippen LogP contribution in [0.2, 0.25) is 0 Å². The van der Waals surface area contributed by atoms with Gasteiger partial charge in [0.25, 0.3) is 5.91 Å². The van der Waals surface area contributed by atoms with E-state index in [0.29, 0.717) is 23.3 Å². The zero-order valence-corrected chi connectivity index (χ0v) is 19.2. The van der Waals surface area contributed by atoms with Crippen molar-refractivity contribution in [1.29, 1.82) is 0 Å². The second-order valence-electron chi connectivity index (χ2n) is 8.80. The average molecular weight is 474 g/mol. The molecule has 0 spiro atoms. The number of halogens is 1. The van der Waals surface area contributed by atoms with Crippen molar-refractivity contribution in [3.05, 3.63) is 65.5 Å². The fraction of sp³-hybridized carbons (Fsp3) is 0.440. The molecule has 1 aliphatic carbocycles. The van der Waals surface area contributed by atoms with Crippen molar-refractivity contribution in [2.24, 2.45) is 0 Å².